The van der Waals surface area contributed by atoms with Crippen molar-refractivity contribution in [3.05, 3.63) is 47.8 Å². The van der Waals surface area contributed by atoms with Gasteiger partial charge in [0.1, 0.15) is 6.04 Å². The van der Waals surface area contributed by atoms with Crippen LogP contribution in [0, 0.1) is 11.3 Å². The van der Waals surface area contributed by atoms with E-state index in [-0.39, 0.29) is 36.4 Å². The number of aromatic nitrogens is 2. The Morgan fingerprint density at radius 3 is 2.32 bits per heavy atom. The Balaban J connectivity index is 0.740. The number of carbonyl (C=O) groups excluding carboxylic acids is 5. The summed E-state index contributed by atoms with van der Waals surface area (Å²) >= 11 is 0. The molecule has 2 N–H and O–H groups in total. The van der Waals surface area contributed by atoms with E-state index >= 15 is 0 Å². The lowest BCUT2D eigenvalue weighted by atomic mass is 9.59. The number of benzene rings is 1. The largest absolute Gasteiger partial charge is 0.376 e. The van der Waals surface area contributed by atoms with Crippen LogP contribution in [0.5, 0.6) is 0 Å². The monoisotopic (exact) mass is 684 g/mol. The molecule has 1 aromatic carbocycles. The van der Waals surface area contributed by atoms with Crippen LogP contribution < -0.4 is 10.6 Å². The zero-order valence-corrected chi connectivity index (χ0v) is 28.7. The standard InChI is InChI=1S/C37H48N8O5/c46-32-5-4-31(34(48)40-32)45-35(49)29-3-2-26(20-30(29)36(45)50)38-23-33(47)43-14-6-25(7-15-43)24-41-18-10-37(11-19-41)21-28(22-37)42-16-8-27(9-17-42)44-13-1-12-39-44/h1-3,12-13,20,25,27-28,31,38H,4-11,14-19,21-24H2,(H,40,46,48). The first-order valence-electron chi connectivity index (χ1n) is 18.6. The quantitative estimate of drug-likeness (QED) is 0.402. The maximum atomic E-state index is 13.1. The number of nitrogens with zero attached hydrogens (tertiary/aromatic N) is 6. The minimum absolute atomic E-state index is 0.0154. The summed E-state index contributed by atoms with van der Waals surface area (Å²) in [6.45, 7) is 7.49. The molecule has 13 nitrogen and oxygen atoms in total. The first kappa shape index (κ1) is 33.1. The fraction of sp³-hybridized carbons (Fsp3) is 0.622. The Labute approximate surface area is 292 Å². The molecule has 6 heterocycles. The summed E-state index contributed by atoms with van der Waals surface area (Å²) in [4.78, 5) is 71.4. The molecular formula is C37H48N8O5. The molecular weight excluding hydrogens is 636 g/mol. The molecule has 1 aliphatic carbocycles. The fourth-order valence-corrected chi connectivity index (χ4v) is 9.43. The van der Waals surface area contributed by atoms with Gasteiger partial charge in [0.15, 0.2) is 0 Å². The highest BCUT2D eigenvalue weighted by Crippen LogP contribution is 2.51. The van der Waals surface area contributed by atoms with Crippen molar-refractivity contribution in [3.8, 4) is 0 Å². The van der Waals surface area contributed by atoms with Gasteiger partial charge in [0.05, 0.1) is 23.7 Å². The van der Waals surface area contributed by atoms with Crippen LogP contribution in [-0.4, -0.2) is 123 Å². The molecule has 1 atom stereocenters. The van der Waals surface area contributed by atoms with Crippen LogP contribution in [0.4, 0.5) is 5.69 Å². The van der Waals surface area contributed by atoms with Crippen LogP contribution in [0.25, 0.3) is 0 Å². The second-order valence-electron chi connectivity index (χ2n) is 15.5. The van der Waals surface area contributed by atoms with Crippen LogP contribution in [0.2, 0.25) is 0 Å². The van der Waals surface area contributed by atoms with Gasteiger partial charge in [-0.2, -0.15) is 5.10 Å². The van der Waals surface area contributed by atoms with E-state index in [2.05, 4.69) is 36.4 Å². The molecule has 1 unspecified atom stereocenters. The number of hydrogen-bond acceptors (Lipinski definition) is 9. The zero-order valence-electron chi connectivity index (χ0n) is 28.7. The number of imide groups is 2. The molecule has 13 heteroatoms. The van der Waals surface area contributed by atoms with E-state index in [0.29, 0.717) is 23.1 Å². The minimum atomic E-state index is -1.00. The van der Waals surface area contributed by atoms with Crippen molar-refractivity contribution >= 4 is 35.2 Å². The van der Waals surface area contributed by atoms with Crippen LogP contribution in [0.3, 0.4) is 0 Å². The Hall–Kier alpha value is -4.10. The summed E-state index contributed by atoms with van der Waals surface area (Å²) in [6.07, 6.45) is 14.0. The van der Waals surface area contributed by atoms with Gasteiger partial charge in [0, 0.05) is 63.3 Å². The zero-order chi connectivity index (χ0) is 34.4. The van der Waals surface area contributed by atoms with Gasteiger partial charge in [-0.3, -0.25) is 38.9 Å². The minimum Gasteiger partial charge on any atom is -0.376 e. The number of piperidine rings is 4. The summed E-state index contributed by atoms with van der Waals surface area (Å²) in [6, 6.07) is 7.14. The smallest absolute Gasteiger partial charge is 0.262 e. The molecule has 5 amide bonds. The number of nitrogens with one attached hydrogen (secondary N) is 2. The second-order valence-corrected chi connectivity index (χ2v) is 15.5. The highest BCUT2D eigenvalue weighted by molar-refractivity contribution is 6.23. The lowest BCUT2D eigenvalue weighted by Crippen LogP contribution is -2.56. The third-order valence-electron chi connectivity index (χ3n) is 12.5. The van der Waals surface area contributed by atoms with Crippen molar-refractivity contribution < 1.29 is 24.0 Å². The van der Waals surface area contributed by atoms with E-state index in [1.54, 1.807) is 18.2 Å². The predicted octanol–water partition coefficient (Wildman–Crippen LogP) is 2.52. The molecule has 266 valence electrons. The second kappa shape index (κ2) is 13.6. The Morgan fingerprint density at radius 2 is 1.62 bits per heavy atom. The lowest BCUT2D eigenvalue weighted by molar-refractivity contribution is -0.136. The number of hydrogen-bond donors (Lipinski definition) is 2. The fourth-order valence-electron chi connectivity index (χ4n) is 9.43. The van der Waals surface area contributed by atoms with Gasteiger partial charge in [0.2, 0.25) is 17.7 Å². The molecule has 1 saturated carbocycles. The van der Waals surface area contributed by atoms with E-state index in [9.17, 15) is 24.0 Å². The normalized spacial score (nSPS) is 25.6. The van der Waals surface area contributed by atoms with Gasteiger partial charge < -0.3 is 20.0 Å². The van der Waals surface area contributed by atoms with Crippen molar-refractivity contribution in [2.24, 2.45) is 11.3 Å². The van der Waals surface area contributed by atoms with Gasteiger partial charge in [0.25, 0.3) is 11.8 Å². The molecule has 1 spiro atoms. The van der Waals surface area contributed by atoms with E-state index in [0.717, 1.165) is 43.4 Å². The molecule has 5 fully saturated rings. The SMILES string of the molecule is O=C1CCC(N2C(=O)c3ccc(NCC(=O)N4CCC(CN5CCC6(CC5)CC(N5CCC(n7cccn7)CC5)C6)CC4)cc3C2=O)C(=O)N1. The third kappa shape index (κ3) is 6.45. The topological polar surface area (TPSA) is 140 Å². The van der Waals surface area contributed by atoms with Crippen LogP contribution >= 0.6 is 0 Å². The number of likely N-dealkylation sites (tertiary alicyclic amines) is 3. The third-order valence-corrected chi connectivity index (χ3v) is 12.5. The van der Waals surface area contributed by atoms with Gasteiger partial charge in [-0.1, -0.05) is 0 Å². The average Bonchev–Trinajstić information content (AvgIpc) is 3.74. The van der Waals surface area contributed by atoms with Crippen LogP contribution in [-0.2, 0) is 14.4 Å². The number of carbonyl (C=O) groups is 5. The van der Waals surface area contributed by atoms with E-state index < -0.39 is 29.7 Å². The molecule has 5 aliphatic heterocycles. The van der Waals surface area contributed by atoms with Crippen molar-refractivity contribution in [1.82, 2.24) is 34.7 Å². The molecule has 0 bridgehead atoms. The van der Waals surface area contributed by atoms with Crippen molar-refractivity contribution in [2.45, 2.75) is 82.3 Å². The Kier molecular flexibility index (Phi) is 8.96. The van der Waals surface area contributed by atoms with Gasteiger partial charge in [-0.15, -0.1) is 0 Å². The predicted molar refractivity (Wildman–Crippen MR) is 184 cm³/mol. The Bertz CT molecular complexity index is 1630. The first-order chi connectivity index (χ1) is 24.2. The molecule has 4 saturated heterocycles. The Morgan fingerprint density at radius 1 is 0.880 bits per heavy atom. The van der Waals surface area contributed by atoms with Crippen molar-refractivity contribution in [3.63, 3.8) is 0 Å². The molecule has 1 aromatic heterocycles. The summed E-state index contributed by atoms with van der Waals surface area (Å²) in [5.41, 5.74) is 1.53. The van der Waals surface area contributed by atoms with E-state index in [1.165, 1.54) is 64.7 Å². The number of anilines is 1. The van der Waals surface area contributed by atoms with Crippen molar-refractivity contribution in [2.75, 3.05) is 57.7 Å². The maximum Gasteiger partial charge on any atom is 0.262 e. The maximum absolute atomic E-state index is 13.1. The van der Waals surface area contributed by atoms with Gasteiger partial charge in [-0.05, 0) is 106 Å². The first-order valence-corrected chi connectivity index (χ1v) is 18.6. The highest BCUT2D eigenvalue weighted by atomic mass is 16.2. The summed E-state index contributed by atoms with van der Waals surface area (Å²) in [7, 11) is 0. The summed E-state index contributed by atoms with van der Waals surface area (Å²) in [5.74, 6) is -1.52. The van der Waals surface area contributed by atoms with Gasteiger partial charge >= 0.3 is 0 Å². The molecule has 6 aliphatic rings. The number of amides is 5. The average molecular weight is 685 g/mol. The lowest BCUT2D eigenvalue weighted by Gasteiger charge is -2.56. The van der Waals surface area contributed by atoms with Crippen molar-refractivity contribution in [1.29, 1.82) is 0 Å². The summed E-state index contributed by atoms with van der Waals surface area (Å²) < 4.78 is 2.14. The van der Waals surface area contributed by atoms with Crippen LogP contribution in [0.15, 0.2) is 36.7 Å². The molecule has 8 rings (SSSR count). The highest BCUT2D eigenvalue weighted by Gasteiger charge is 2.48. The van der Waals surface area contributed by atoms with Gasteiger partial charge in [-0.25, -0.2) is 0 Å². The summed E-state index contributed by atoms with van der Waals surface area (Å²) in [5, 5.41) is 9.80. The molecule has 50 heavy (non-hydrogen) atoms. The van der Waals surface area contributed by atoms with E-state index in [1.807, 2.05) is 17.2 Å². The molecule has 0 radical (unpaired) electrons. The number of rotatable bonds is 8. The van der Waals surface area contributed by atoms with Crippen LogP contribution in [0.1, 0.15) is 91.0 Å². The number of fused-ring (bicyclic) bond motifs is 1. The molecule has 2 aromatic rings. The van der Waals surface area contributed by atoms with E-state index in [4.69, 9.17) is 0 Å².